The van der Waals surface area contributed by atoms with Gasteiger partial charge in [0.15, 0.2) is 17.2 Å². The molecule has 7 heteroatoms. The number of nitrogen functional groups attached to an aromatic ring is 1. The van der Waals surface area contributed by atoms with Gasteiger partial charge >= 0.3 is 0 Å². The average molecular weight is 343 g/mol. The van der Waals surface area contributed by atoms with E-state index in [-0.39, 0.29) is 35.2 Å². The fourth-order valence-electron chi connectivity index (χ4n) is 2.31. The first-order valence-corrected chi connectivity index (χ1v) is 7.57. The summed E-state index contributed by atoms with van der Waals surface area (Å²) in [5, 5.41) is 19.3. The Morgan fingerprint density at radius 1 is 1.21 bits per heavy atom. The highest BCUT2D eigenvalue weighted by Crippen LogP contribution is 2.32. The Kier molecular flexibility index (Phi) is 4.22. The van der Waals surface area contributed by atoms with Crippen LogP contribution in [0.15, 0.2) is 40.8 Å². The van der Waals surface area contributed by atoms with Gasteiger partial charge in [-0.05, 0) is 36.8 Å². The molecule has 4 N–H and O–H groups in total. The van der Waals surface area contributed by atoms with Crippen LogP contribution in [-0.4, -0.2) is 20.8 Å². The van der Waals surface area contributed by atoms with Crippen LogP contribution in [0.1, 0.15) is 17.0 Å². The largest absolute Gasteiger partial charge is 0.504 e. The number of nitrogens with one attached hydrogen (secondary N) is 1. The standard InChI is InChI=1S/C17H15ClN4O2/c1-9-2-7-13(24-9)15-16(23)14(21-17(20)22-15)12(19)8-10-3-5-11(18)6-4-10/h2-7,19,23H,8H2,1H3,(H2,20,21,22). The van der Waals surface area contributed by atoms with Gasteiger partial charge in [0.05, 0.1) is 5.71 Å². The minimum Gasteiger partial charge on any atom is -0.504 e. The molecule has 0 aliphatic carbocycles. The van der Waals surface area contributed by atoms with Crippen LogP contribution in [0.25, 0.3) is 11.5 Å². The molecule has 0 spiro atoms. The number of anilines is 1. The molecule has 0 saturated carbocycles. The smallest absolute Gasteiger partial charge is 0.221 e. The number of furan rings is 1. The molecule has 0 unspecified atom stereocenters. The Labute approximate surface area is 143 Å². The molecule has 0 bridgehead atoms. The molecule has 122 valence electrons. The Bertz CT molecular complexity index is 903. The first-order valence-electron chi connectivity index (χ1n) is 7.19. The number of rotatable bonds is 4. The van der Waals surface area contributed by atoms with E-state index in [4.69, 9.17) is 27.2 Å². The maximum absolute atomic E-state index is 10.5. The highest BCUT2D eigenvalue weighted by Gasteiger charge is 2.20. The molecule has 1 aromatic carbocycles. The fraction of sp³-hybridized carbons (Fsp3) is 0.118. The molecule has 0 amide bonds. The van der Waals surface area contributed by atoms with Crippen LogP contribution in [0.4, 0.5) is 5.95 Å². The van der Waals surface area contributed by atoms with Gasteiger partial charge < -0.3 is 20.7 Å². The molecule has 6 nitrogen and oxygen atoms in total. The molecular weight excluding hydrogens is 328 g/mol. The molecule has 24 heavy (non-hydrogen) atoms. The van der Waals surface area contributed by atoms with Crippen LogP contribution in [0, 0.1) is 12.3 Å². The van der Waals surface area contributed by atoms with Crippen molar-refractivity contribution in [3.63, 3.8) is 0 Å². The van der Waals surface area contributed by atoms with E-state index < -0.39 is 0 Å². The molecule has 0 radical (unpaired) electrons. The van der Waals surface area contributed by atoms with Crippen molar-refractivity contribution in [1.29, 1.82) is 5.41 Å². The summed E-state index contributed by atoms with van der Waals surface area (Å²) in [6, 6.07) is 10.6. The molecule has 3 aromatic rings. The number of hydrogen-bond donors (Lipinski definition) is 3. The maximum Gasteiger partial charge on any atom is 0.221 e. The number of hydrogen-bond acceptors (Lipinski definition) is 6. The Hall–Kier alpha value is -2.86. The summed E-state index contributed by atoms with van der Waals surface area (Å²) in [6.07, 6.45) is 0.276. The maximum atomic E-state index is 10.5. The van der Waals surface area contributed by atoms with Crippen molar-refractivity contribution in [2.45, 2.75) is 13.3 Å². The third-order valence-electron chi connectivity index (χ3n) is 3.46. The summed E-state index contributed by atoms with van der Waals surface area (Å²) in [7, 11) is 0. The lowest BCUT2D eigenvalue weighted by molar-refractivity contribution is 0.465. The van der Waals surface area contributed by atoms with E-state index in [9.17, 15) is 5.11 Å². The zero-order valence-corrected chi connectivity index (χ0v) is 13.6. The molecule has 2 heterocycles. The summed E-state index contributed by atoms with van der Waals surface area (Å²) in [5.41, 5.74) is 6.98. The van der Waals surface area contributed by atoms with E-state index in [1.54, 1.807) is 31.2 Å². The van der Waals surface area contributed by atoms with Crippen molar-refractivity contribution in [3.8, 4) is 17.2 Å². The van der Waals surface area contributed by atoms with Crippen LogP contribution in [0.5, 0.6) is 5.75 Å². The summed E-state index contributed by atoms with van der Waals surface area (Å²) >= 11 is 5.86. The predicted octanol–water partition coefficient (Wildman–Crippen LogP) is 3.60. The van der Waals surface area contributed by atoms with Crippen molar-refractivity contribution in [2.75, 3.05) is 5.73 Å². The Morgan fingerprint density at radius 2 is 1.92 bits per heavy atom. The number of halogens is 1. The van der Waals surface area contributed by atoms with Crippen molar-refractivity contribution in [2.24, 2.45) is 0 Å². The quantitative estimate of drug-likeness (QED) is 0.627. The summed E-state index contributed by atoms with van der Waals surface area (Å²) in [4.78, 5) is 8.03. The molecule has 0 saturated heterocycles. The summed E-state index contributed by atoms with van der Waals surface area (Å²) < 4.78 is 5.48. The molecular formula is C17H15ClN4O2. The van der Waals surface area contributed by atoms with E-state index in [1.165, 1.54) is 0 Å². The summed E-state index contributed by atoms with van der Waals surface area (Å²) in [6.45, 7) is 1.79. The van der Waals surface area contributed by atoms with E-state index in [0.717, 1.165) is 5.56 Å². The minimum absolute atomic E-state index is 0.0345. The molecule has 0 fully saturated rings. The second kappa shape index (κ2) is 6.33. The van der Waals surface area contributed by atoms with E-state index >= 15 is 0 Å². The van der Waals surface area contributed by atoms with Gasteiger partial charge in [-0.1, -0.05) is 23.7 Å². The number of aromatic nitrogens is 2. The molecule has 0 atom stereocenters. The van der Waals surface area contributed by atoms with Gasteiger partial charge in [0.25, 0.3) is 0 Å². The van der Waals surface area contributed by atoms with Crippen LogP contribution >= 0.6 is 11.6 Å². The van der Waals surface area contributed by atoms with Crippen LogP contribution in [0.2, 0.25) is 5.02 Å². The number of aromatic hydroxyl groups is 1. The second-order valence-corrected chi connectivity index (χ2v) is 5.76. The van der Waals surface area contributed by atoms with Gasteiger partial charge in [-0.25, -0.2) is 9.97 Å². The number of nitrogens with zero attached hydrogens (tertiary/aromatic N) is 2. The minimum atomic E-state index is -0.225. The summed E-state index contributed by atoms with van der Waals surface area (Å²) in [5.74, 6) is 0.796. The van der Waals surface area contributed by atoms with Crippen molar-refractivity contribution in [1.82, 2.24) is 9.97 Å². The van der Waals surface area contributed by atoms with Crippen molar-refractivity contribution >= 4 is 23.3 Å². The molecule has 0 aliphatic rings. The fourth-order valence-corrected chi connectivity index (χ4v) is 2.43. The van der Waals surface area contributed by atoms with E-state index in [1.807, 2.05) is 12.1 Å². The monoisotopic (exact) mass is 342 g/mol. The van der Waals surface area contributed by atoms with E-state index in [0.29, 0.717) is 16.5 Å². The van der Waals surface area contributed by atoms with Crippen LogP contribution in [-0.2, 0) is 6.42 Å². The Balaban J connectivity index is 1.96. The first-order chi connectivity index (χ1) is 11.4. The molecule has 0 aliphatic heterocycles. The second-order valence-electron chi connectivity index (χ2n) is 5.32. The normalized spacial score (nSPS) is 10.8. The zero-order chi connectivity index (χ0) is 17.3. The third-order valence-corrected chi connectivity index (χ3v) is 3.71. The Morgan fingerprint density at radius 3 is 2.54 bits per heavy atom. The third kappa shape index (κ3) is 3.23. The van der Waals surface area contributed by atoms with Crippen LogP contribution in [0.3, 0.4) is 0 Å². The van der Waals surface area contributed by atoms with Gasteiger partial charge in [-0.2, -0.15) is 0 Å². The highest BCUT2D eigenvalue weighted by molar-refractivity contribution is 6.30. The topological polar surface area (TPSA) is 109 Å². The van der Waals surface area contributed by atoms with Gasteiger partial charge in [-0.15, -0.1) is 0 Å². The van der Waals surface area contributed by atoms with Crippen LogP contribution < -0.4 is 5.73 Å². The lowest BCUT2D eigenvalue weighted by Crippen LogP contribution is -2.10. The number of benzene rings is 1. The van der Waals surface area contributed by atoms with E-state index in [2.05, 4.69) is 9.97 Å². The molecule has 2 aromatic heterocycles. The highest BCUT2D eigenvalue weighted by atomic mass is 35.5. The van der Waals surface area contributed by atoms with Gasteiger partial charge in [0.1, 0.15) is 11.5 Å². The molecule has 3 rings (SSSR count). The average Bonchev–Trinajstić information content (AvgIpc) is 2.97. The zero-order valence-electron chi connectivity index (χ0n) is 12.9. The first kappa shape index (κ1) is 16.0. The lowest BCUT2D eigenvalue weighted by atomic mass is 10.0. The number of aryl methyl sites for hydroxylation is 1. The van der Waals surface area contributed by atoms with Crippen molar-refractivity contribution in [3.05, 3.63) is 58.4 Å². The van der Waals surface area contributed by atoms with Gasteiger partial charge in [0.2, 0.25) is 5.95 Å². The lowest BCUT2D eigenvalue weighted by Gasteiger charge is -2.09. The predicted molar refractivity (Wildman–Crippen MR) is 92.5 cm³/mol. The SMILES string of the molecule is Cc1ccc(-c2nc(N)nc(C(=N)Cc3ccc(Cl)cc3)c2O)o1. The van der Waals surface area contributed by atoms with Gasteiger partial charge in [0, 0.05) is 11.4 Å². The van der Waals surface area contributed by atoms with Crippen molar-refractivity contribution < 1.29 is 9.52 Å². The number of nitrogens with two attached hydrogens (primary N) is 1. The van der Waals surface area contributed by atoms with Gasteiger partial charge in [-0.3, -0.25) is 0 Å².